The van der Waals surface area contributed by atoms with E-state index in [1.165, 1.54) is 10.9 Å². The Morgan fingerprint density at radius 3 is 2.09 bits per heavy atom. The number of carbonyl (C=O) groups excluding carboxylic acids is 2. The fourth-order valence-corrected chi connectivity index (χ4v) is 3.15. The van der Waals surface area contributed by atoms with Gasteiger partial charge in [0, 0.05) is 11.1 Å². The van der Waals surface area contributed by atoms with Crippen molar-refractivity contribution in [1.29, 1.82) is 0 Å². The Morgan fingerprint density at radius 1 is 0.875 bits per heavy atom. The van der Waals surface area contributed by atoms with Gasteiger partial charge in [-0.15, -0.1) is 0 Å². The molecule has 0 bridgehead atoms. The van der Waals surface area contributed by atoms with Gasteiger partial charge in [-0.1, -0.05) is 12.1 Å². The van der Waals surface area contributed by atoms with Crippen LogP contribution in [0.3, 0.4) is 0 Å². The van der Waals surface area contributed by atoms with Gasteiger partial charge in [-0.05, 0) is 67.6 Å². The summed E-state index contributed by atoms with van der Waals surface area (Å²) in [5.41, 5.74) is 6.46. The quantitative estimate of drug-likeness (QED) is 0.476. The maximum Gasteiger partial charge on any atom is 0.269 e. The largest absolute Gasteiger partial charge is 0.494 e. The normalized spacial score (nSPS) is 10.5. The molecule has 4 rings (SSSR count). The second-order valence-corrected chi connectivity index (χ2v) is 6.85. The van der Waals surface area contributed by atoms with Crippen LogP contribution >= 0.6 is 0 Å². The second kappa shape index (κ2) is 9.13. The van der Waals surface area contributed by atoms with Crippen LogP contribution in [-0.2, 0) is 0 Å². The molecule has 0 aliphatic heterocycles. The van der Waals surface area contributed by atoms with Gasteiger partial charge >= 0.3 is 0 Å². The Labute approximate surface area is 183 Å². The van der Waals surface area contributed by atoms with E-state index in [4.69, 9.17) is 4.74 Å². The van der Waals surface area contributed by atoms with E-state index in [9.17, 15) is 14.4 Å². The number of ether oxygens (including phenoxy) is 1. The lowest BCUT2D eigenvalue weighted by atomic mass is 10.2. The molecule has 8 heteroatoms. The van der Waals surface area contributed by atoms with Gasteiger partial charge in [-0.2, -0.15) is 0 Å². The highest BCUT2D eigenvalue weighted by Crippen LogP contribution is 2.13. The summed E-state index contributed by atoms with van der Waals surface area (Å²) in [6, 6.07) is 20.1. The molecule has 0 aliphatic rings. The number of hydrogen-bond acceptors (Lipinski definition) is 5. The molecule has 4 aromatic rings. The first-order valence-electron chi connectivity index (χ1n) is 9.97. The number of amides is 2. The van der Waals surface area contributed by atoms with E-state index in [0.717, 1.165) is 0 Å². The summed E-state index contributed by atoms with van der Waals surface area (Å²) < 4.78 is 6.75. The van der Waals surface area contributed by atoms with E-state index in [-0.39, 0.29) is 5.56 Å². The summed E-state index contributed by atoms with van der Waals surface area (Å²) in [7, 11) is 0. The van der Waals surface area contributed by atoms with E-state index in [1.807, 2.05) is 13.0 Å². The third-order valence-electron chi connectivity index (χ3n) is 4.79. The number of fused-ring (bicyclic) bond motifs is 1. The zero-order valence-corrected chi connectivity index (χ0v) is 17.2. The number of aromatic nitrogens is 2. The number of nitrogens with zero attached hydrogens (tertiary/aromatic N) is 2. The van der Waals surface area contributed by atoms with Gasteiger partial charge < -0.3 is 4.74 Å². The summed E-state index contributed by atoms with van der Waals surface area (Å²) in [6.07, 6.45) is 1.46. The standard InChI is InChI=1S/C24H20N4O4/c1-2-32-19-13-9-17(10-14-19)23(30)27-26-22(29)16-7-11-18(12-8-16)28-15-25-21-6-4-3-5-20(21)24(28)31/h3-15H,2H2,1H3,(H,26,29)(H,27,30). The first-order chi connectivity index (χ1) is 15.6. The molecule has 32 heavy (non-hydrogen) atoms. The maximum atomic E-state index is 12.7. The van der Waals surface area contributed by atoms with Gasteiger partial charge in [0.2, 0.25) is 0 Å². The van der Waals surface area contributed by atoms with Crippen LogP contribution in [0.2, 0.25) is 0 Å². The van der Waals surface area contributed by atoms with E-state index in [2.05, 4.69) is 15.8 Å². The van der Waals surface area contributed by atoms with Gasteiger partial charge in [0.25, 0.3) is 17.4 Å². The summed E-state index contributed by atoms with van der Waals surface area (Å²) in [5.74, 6) is -0.277. The number of nitrogens with one attached hydrogen (secondary N) is 2. The molecule has 2 N–H and O–H groups in total. The Kier molecular flexibility index (Phi) is 5.94. The number of carbonyl (C=O) groups is 2. The molecule has 0 spiro atoms. The molecule has 0 radical (unpaired) electrons. The van der Waals surface area contributed by atoms with Crippen molar-refractivity contribution in [3.8, 4) is 11.4 Å². The van der Waals surface area contributed by atoms with Crippen LogP contribution in [0.25, 0.3) is 16.6 Å². The summed E-state index contributed by atoms with van der Waals surface area (Å²) >= 11 is 0. The van der Waals surface area contributed by atoms with Crippen LogP contribution in [0.1, 0.15) is 27.6 Å². The number of hydrazine groups is 1. The minimum absolute atomic E-state index is 0.199. The number of para-hydroxylation sites is 1. The second-order valence-electron chi connectivity index (χ2n) is 6.85. The lowest BCUT2D eigenvalue weighted by Gasteiger charge is -2.10. The minimum atomic E-state index is -0.486. The van der Waals surface area contributed by atoms with Crippen LogP contribution in [0.4, 0.5) is 0 Å². The highest BCUT2D eigenvalue weighted by molar-refractivity contribution is 5.99. The zero-order valence-electron chi connectivity index (χ0n) is 17.2. The van der Waals surface area contributed by atoms with E-state index < -0.39 is 11.8 Å². The van der Waals surface area contributed by atoms with Gasteiger partial charge in [0.1, 0.15) is 12.1 Å². The zero-order chi connectivity index (χ0) is 22.5. The molecule has 0 saturated carbocycles. The third kappa shape index (κ3) is 4.34. The molecule has 0 saturated heterocycles. The molecular formula is C24H20N4O4. The monoisotopic (exact) mass is 428 g/mol. The van der Waals surface area contributed by atoms with Crippen molar-refractivity contribution >= 4 is 22.7 Å². The lowest BCUT2D eigenvalue weighted by Crippen LogP contribution is -2.41. The van der Waals surface area contributed by atoms with Crippen LogP contribution in [0, 0.1) is 0 Å². The van der Waals surface area contributed by atoms with Crippen molar-refractivity contribution in [3.63, 3.8) is 0 Å². The highest BCUT2D eigenvalue weighted by atomic mass is 16.5. The maximum absolute atomic E-state index is 12.7. The smallest absolute Gasteiger partial charge is 0.269 e. The molecule has 1 heterocycles. The molecule has 1 aromatic heterocycles. The Bertz CT molecular complexity index is 1330. The molecule has 0 fully saturated rings. The van der Waals surface area contributed by atoms with Gasteiger partial charge in [0.15, 0.2) is 0 Å². The fourth-order valence-electron chi connectivity index (χ4n) is 3.15. The molecule has 3 aromatic carbocycles. The molecule has 8 nitrogen and oxygen atoms in total. The van der Waals surface area contributed by atoms with Crippen LogP contribution in [0.15, 0.2) is 83.9 Å². The van der Waals surface area contributed by atoms with Gasteiger partial charge in [-0.3, -0.25) is 29.8 Å². The summed E-state index contributed by atoms with van der Waals surface area (Å²) in [5, 5.41) is 0.508. The van der Waals surface area contributed by atoms with Crippen LogP contribution in [-0.4, -0.2) is 28.0 Å². The highest BCUT2D eigenvalue weighted by Gasteiger charge is 2.11. The summed E-state index contributed by atoms with van der Waals surface area (Å²) in [6.45, 7) is 2.41. The van der Waals surface area contributed by atoms with Crippen molar-refractivity contribution in [1.82, 2.24) is 20.4 Å². The van der Waals surface area contributed by atoms with Gasteiger partial charge in [-0.25, -0.2) is 4.98 Å². The predicted octanol–water partition coefficient (Wildman–Crippen LogP) is 2.86. The van der Waals surface area contributed by atoms with Crippen LogP contribution < -0.4 is 21.1 Å². The average molecular weight is 428 g/mol. The van der Waals surface area contributed by atoms with Crippen LogP contribution in [0.5, 0.6) is 5.75 Å². The van der Waals surface area contributed by atoms with Crippen molar-refractivity contribution in [2.45, 2.75) is 6.92 Å². The van der Waals surface area contributed by atoms with Crippen molar-refractivity contribution in [3.05, 3.63) is 101 Å². The van der Waals surface area contributed by atoms with E-state index in [0.29, 0.717) is 40.1 Å². The lowest BCUT2D eigenvalue weighted by molar-refractivity contribution is 0.0846. The first kappa shape index (κ1) is 20.8. The SMILES string of the molecule is CCOc1ccc(C(=O)NNC(=O)c2ccc(-n3cnc4ccccc4c3=O)cc2)cc1. The first-order valence-corrected chi connectivity index (χ1v) is 9.97. The van der Waals surface area contributed by atoms with E-state index in [1.54, 1.807) is 66.7 Å². The molecule has 160 valence electrons. The topological polar surface area (TPSA) is 102 Å². The number of hydrogen-bond donors (Lipinski definition) is 2. The van der Waals surface area contributed by atoms with E-state index >= 15 is 0 Å². The number of rotatable bonds is 5. The molecule has 2 amide bonds. The number of benzene rings is 3. The average Bonchev–Trinajstić information content (AvgIpc) is 2.83. The predicted molar refractivity (Wildman–Crippen MR) is 120 cm³/mol. The third-order valence-corrected chi connectivity index (χ3v) is 4.79. The van der Waals surface area contributed by atoms with Crippen molar-refractivity contribution in [2.75, 3.05) is 6.61 Å². The molecule has 0 atom stereocenters. The minimum Gasteiger partial charge on any atom is -0.494 e. The Balaban J connectivity index is 1.43. The van der Waals surface area contributed by atoms with Crippen molar-refractivity contribution < 1.29 is 14.3 Å². The molecule has 0 aliphatic carbocycles. The molecule has 0 unspecified atom stereocenters. The summed E-state index contributed by atoms with van der Waals surface area (Å²) in [4.78, 5) is 41.6. The van der Waals surface area contributed by atoms with Crippen molar-refractivity contribution in [2.24, 2.45) is 0 Å². The fraction of sp³-hybridized carbons (Fsp3) is 0.0833. The van der Waals surface area contributed by atoms with Gasteiger partial charge in [0.05, 0.1) is 23.2 Å². The Morgan fingerprint density at radius 2 is 1.47 bits per heavy atom. The molecular weight excluding hydrogens is 408 g/mol. The Hall–Kier alpha value is -4.46.